The molecule has 1 amide bonds. The summed E-state index contributed by atoms with van der Waals surface area (Å²) in [6.07, 6.45) is 1.01. The van der Waals surface area contributed by atoms with E-state index in [0.29, 0.717) is 0 Å². The van der Waals surface area contributed by atoms with Crippen LogP contribution in [0, 0.1) is 0 Å². The van der Waals surface area contributed by atoms with Crippen LogP contribution in [-0.2, 0) is 9.53 Å². The molecule has 0 bridgehead atoms. The maximum absolute atomic E-state index is 11.2. The SMILES string of the molecule is CC(Br)C(=O)NCCCN1CCOCC1. The van der Waals surface area contributed by atoms with Gasteiger partial charge in [0.2, 0.25) is 5.91 Å². The first kappa shape index (κ1) is 12.9. The van der Waals surface area contributed by atoms with Gasteiger partial charge in [-0.2, -0.15) is 0 Å². The van der Waals surface area contributed by atoms with E-state index < -0.39 is 0 Å². The van der Waals surface area contributed by atoms with Gasteiger partial charge in [-0.25, -0.2) is 0 Å². The van der Waals surface area contributed by atoms with E-state index in [0.717, 1.165) is 45.8 Å². The Balaban J connectivity index is 1.98. The predicted octanol–water partition coefficient (Wildman–Crippen LogP) is 0.608. The number of hydrogen-bond donors (Lipinski definition) is 1. The number of morpholine rings is 1. The van der Waals surface area contributed by atoms with Gasteiger partial charge in [0.15, 0.2) is 0 Å². The van der Waals surface area contributed by atoms with Crippen LogP contribution in [0.15, 0.2) is 0 Å². The first-order valence-corrected chi connectivity index (χ1v) is 6.33. The summed E-state index contributed by atoms with van der Waals surface area (Å²) in [6, 6.07) is 0. The fourth-order valence-corrected chi connectivity index (χ4v) is 1.64. The third-order valence-corrected chi connectivity index (χ3v) is 2.83. The molecule has 1 fully saturated rings. The van der Waals surface area contributed by atoms with Crippen LogP contribution in [0.1, 0.15) is 13.3 Å². The Morgan fingerprint density at radius 1 is 1.53 bits per heavy atom. The topological polar surface area (TPSA) is 41.6 Å². The number of halogens is 1. The molecule has 1 aliphatic heterocycles. The number of carbonyl (C=O) groups excluding carboxylic acids is 1. The molecule has 0 aromatic heterocycles. The van der Waals surface area contributed by atoms with Crippen LogP contribution >= 0.6 is 15.9 Å². The molecule has 1 N–H and O–H groups in total. The third-order valence-electron chi connectivity index (χ3n) is 2.42. The number of nitrogens with one attached hydrogen (secondary N) is 1. The van der Waals surface area contributed by atoms with Crippen LogP contribution in [0.3, 0.4) is 0 Å². The summed E-state index contributed by atoms with van der Waals surface area (Å²) in [5, 5.41) is 2.88. The van der Waals surface area contributed by atoms with E-state index >= 15 is 0 Å². The van der Waals surface area contributed by atoms with Crippen molar-refractivity contribution in [3.05, 3.63) is 0 Å². The highest BCUT2D eigenvalue weighted by atomic mass is 79.9. The monoisotopic (exact) mass is 278 g/mol. The van der Waals surface area contributed by atoms with Gasteiger partial charge in [0, 0.05) is 19.6 Å². The van der Waals surface area contributed by atoms with Gasteiger partial charge in [-0.3, -0.25) is 9.69 Å². The van der Waals surface area contributed by atoms with E-state index in [1.165, 1.54) is 0 Å². The van der Waals surface area contributed by atoms with Crippen LogP contribution in [0.4, 0.5) is 0 Å². The summed E-state index contributed by atoms with van der Waals surface area (Å²) >= 11 is 3.23. The van der Waals surface area contributed by atoms with Gasteiger partial charge in [0.25, 0.3) is 0 Å². The van der Waals surface area contributed by atoms with Crippen molar-refractivity contribution >= 4 is 21.8 Å². The lowest BCUT2D eigenvalue weighted by Gasteiger charge is -2.26. The van der Waals surface area contributed by atoms with Gasteiger partial charge >= 0.3 is 0 Å². The molecule has 0 radical (unpaired) electrons. The van der Waals surface area contributed by atoms with Gasteiger partial charge in [-0.1, -0.05) is 15.9 Å². The number of amides is 1. The molecule has 0 spiro atoms. The number of nitrogens with zero attached hydrogens (tertiary/aromatic N) is 1. The predicted molar refractivity (Wildman–Crippen MR) is 63.3 cm³/mol. The van der Waals surface area contributed by atoms with Gasteiger partial charge in [0.1, 0.15) is 0 Å². The van der Waals surface area contributed by atoms with E-state index in [1.807, 2.05) is 6.92 Å². The molecule has 0 aromatic carbocycles. The Morgan fingerprint density at radius 3 is 2.80 bits per heavy atom. The maximum Gasteiger partial charge on any atom is 0.233 e. The van der Waals surface area contributed by atoms with Crippen molar-refractivity contribution in [1.82, 2.24) is 10.2 Å². The second kappa shape index (κ2) is 7.19. The molecule has 1 unspecified atom stereocenters. The van der Waals surface area contributed by atoms with Gasteiger partial charge in [-0.15, -0.1) is 0 Å². The van der Waals surface area contributed by atoms with Crippen molar-refractivity contribution in [2.45, 2.75) is 18.2 Å². The second-order valence-corrected chi connectivity index (χ2v) is 5.09. The number of rotatable bonds is 5. The largest absolute Gasteiger partial charge is 0.379 e. The Hall–Kier alpha value is -0.130. The molecular formula is C10H19BrN2O2. The quantitative estimate of drug-likeness (QED) is 0.592. The molecule has 5 heteroatoms. The molecule has 4 nitrogen and oxygen atoms in total. The summed E-state index contributed by atoms with van der Waals surface area (Å²) in [5.74, 6) is 0.0666. The maximum atomic E-state index is 11.2. The van der Waals surface area contributed by atoms with E-state index in [-0.39, 0.29) is 10.7 Å². The van der Waals surface area contributed by atoms with Gasteiger partial charge in [-0.05, 0) is 19.9 Å². The van der Waals surface area contributed by atoms with E-state index in [4.69, 9.17) is 4.74 Å². The van der Waals surface area contributed by atoms with Crippen molar-refractivity contribution in [1.29, 1.82) is 0 Å². The fourth-order valence-electron chi connectivity index (χ4n) is 1.48. The van der Waals surface area contributed by atoms with Crippen molar-refractivity contribution in [3.8, 4) is 0 Å². The van der Waals surface area contributed by atoms with Crippen molar-refractivity contribution in [2.75, 3.05) is 39.4 Å². The van der Waals surface area contributed by atoms with E-state index in [2.05, 4.69) is 26.1 Å². The number of carbonyl (C=O) groups is 1. The van der Waals surface area contributed by atoms with Crippen molar-refractivity contribution < 1.29 is 9.53 Å². The zero-order valence-corrected chi connectivity index (χ0v) is 10.8. The summed E-state index contributed by atoms with van der Waals surface area (Å²) in [4.78, 5) is 13.5. The van der Waals surface area contributed by atoms with Crippen molar-refractivity contribution in [3.63, 3.8) is 0 Å². The van der Waals surface area contributed by atoms with Crippen LogP contribution in [0.25, 0.3) is 0 Å². The second-order valence-electron chi connectivity index (χ2n) is 3.71. The highest BCUT2D eigenvalue weighted by molar-refractivity contribution is 9.10. The molecule has 0 aliphatic carbocycles. The minimum Gasteiger partial charge on any atom is -0.379 e. The minimum atomic E-state index is -0.0964. The summed E-state index contributed by atoms with van der Waals surface area (Å²) in [5.41, 5.74) is 0. The number of alkyl halides is 1. The number of hydrogen-bond acceptors (Lipinski definition) is 3. The fraction of sp³-hybridized carbons (Fsp3) is 0.900. The summed E-state index contributed by atoms with van der Waals surface area (Å²) in [7, 11) is 0. The van der Waals surface area contributed by atoms with E-state index in [1.54, 1.807) is 0 Å². The Labute approximate surface area is 99.5 Å². The normalized spacial score (nSPS) is 19.9. The molecule has 1 saturated heterocycles. The van der Waals surface area contributed by atoms with Gasteiger partial charge in [0.05, 0.1) is 18.0 Å². The Bertz CT molecular complexity index is 194. The molecule has 15 heavy (non-hydrogen) atoms. The van der Waals surface area contributed by atoms with Gasteiger partial charge < -0.3 is 10.1 Å². The van der Waals surface area contributed by atoms with Crippen LogP contribution in [0.5, 0.6) is 0 Å². The summed E-state index contributed by atoms with van der Waals surface area (Å²) in [6.45, 7) is 7.34. The molecule has 0 saturated carbocycles. The minimum absolute atomic E-state index is 0.0666. The molecule has 1 aliphatic rings. The van der Waals surface area contributed by atoms with Crippen molar-refractivity contribution in [2.24, 2.45) is 0 Å². The lowest BCUT2D eigenvalue weighted by Crippen LogP contribution is -2.38. The first-order valence-electron chi connectivity index (χ1n) is 5.42. The third kappa shape index (κ3) is 5.49. The molecule has 1 heterocycles. The smallest absolute Gasteiger partial charge is 0.233 e. The molecule has 1 rings (SSSR count). The van der Waals surface area contributed by atoms with E-state index in [9.17, 15) is 4.79 Å². The summed E-state index contributed by atoms with van der Waals surface area (Å²) < 4.78 is 5.26. The number of ether oxygens (including phenoxy) is 1. The molecule has 88 valence electrons. The van der Waals surface area contributed by atoms with Crippen LogP contribution < -0.4 is 5.32 Å². The zero-order valence-electron chi connectivity index (χ0n) is 9.17. The average molecular weight is 279 g/mol. The first-order chi connectivity index (χ1) is 7.20. The molecular weight excluding hydrogens is 260 g/mol. The highest BCUT2D eigenvalue weighted by Gasteiger charge is 2.10. The lowest BCUT2D eigenvalue weighted by molar-refractivity contribution is -0.120. The Kier molecular flexibility index (Phi) is 6.20. The van der Waals surface area contributed by atoms with Crippen LogP contribution in [-0.4, -0.2) is 55.0 Å². The Morgan fingerprint density at radius 2 is 2.20 bits per heavy atom. The lowest BCUT2D eigenvalue weighted by atomic mass is 10.3. The highest BCUT2D eigenvalue weighted by Crippen LogP contribution is 1.98. The molecule has 1 atom stereocenters. The average Bonchev–Trinajstić information content (AvgIpc) is 2.25. The van der Waals surface area contributed by atoms with Crippen LogP contribution in [0.2, 0.25) is 0 Å². The standard InChI is InChI=1S/C10H19BrN2O2/c1-9(11)10(14)12-3-2-4-13-5-7-15-8-6-13/h9H,2-8H2,1H3,(H,12,14). The zero-order chi connectivity index (χ0) is 11.1. The molecule has 0 aromatic rings.